The number of amides is 1. The first-order valence-corrected chi connectivity index (χ1v) is 12.0. The van der Waals surface area contributed by atoms with Crippen LogP contribution in [0.15, 0.2) is 63.4 Å². The van der Waals surface area contributed by atoms with Gasteiger partial charge < -0.3 is 14.6 Å². The van der Waals surface area contributed by atoms with E-state index in [1.165, 1.54) is 16.6 Å². The lowest BCUT2D eigenvalue weighted by Crippen LogP contribution is -2.49. The summed E-state index contributed by atoms with van der Waals surface area (Å²) < 4.78 is 33.0. The normalized spacial score (nSPS) is 15.3. The average Bonchev–Trinajstić information content (AvgIpc) is 3.45. The van der Waals surface area contributed by atoms with Crippen LogP contribution >= 0.6 is 22.9 Å². The SMILES string of the molecule is O=C(NCc1ccco1)c1sccc1S(=O)(=O)N1CCN(c2ccccc2Cl)CC1. The van der Waals surface area contributed by atoms with Crippen LogP contribution in [-0.4, -0.2) is 44.8 Å². The van der Waals surface area contributed by atoms with E-state index in [-0.39, 0.29) is 16.3 Å². The third-order valence-corrected chi connectivity index (χ3v) is 8.19. The second-order valence-corrected chi connectivity index (χ2v) is 9.95. The van der Waals surface area contributed by atoms with E-state index in [2.05, 4.69) is 10.2 Å². The maximum Gasteiger partial charge on any atom is 0.263 e. The van der Waals surface area contributed by atoms with Crippen LogP contribution in [0.2, 0.25) is 5.02 Å². The Balaban J connectivity index is 1.45. The number of carbonyl (C=O) groups is 1. The zero-order chi connectivity index (χ0) is 21.1. The number of rotatable bonds is 6. The fourth-order valence-electron chi connectivity index (χ4n) is 3.34. The molecule has 10 heteroatoms. The monoisotopic (exact) mass is 465 g/mol. The van der Waals surface area contributed by atoms with Gasteiger partial charge in [-0.3, -0.25) is 4.79 Å². The molecule has 2 aromatic heterocycles. The van der Waals surface area contributed by atoms with Crippen molar-refractivity contribution < 1.29 is 17.6 Å². The predicted octanol–water partition coefficient (Wildman–Crippen LogP) is 3.44. The van der Waals surface area contributed by atoms with Crippen LogP contribution in [0.3, 0.4) is 0 Å². The molecule has 0 bridgehead atoms. The van der Waals surface area contributed by atoms with Gasteiger partial charge in [-0.2, -0.15) is 4.31 Å². The number of furan rings is 1. The molecule has 0 spiro atoms. The lowest BCUT2D eigenvalue weighted by molar-refractivity contribution is 0.0949. The lowest BCUT2D eigenvalue weighted by atomic mass is 10.2. The van der Waals surface area contributed by atoms with Gasteiger partial charge in [0.1, 0.15) is 15.5 Å². The summed E-state index contributed by atoms with van der Waals surface area (Å²) >= 11 is 7.37. The summed E-state index contributed by atoms with van der Waals surface area (Å²) in [6.07, 6.45) is 1.52. The minimum absolute atomic E-state index is 0.0376. The molecule has 1 amide bonds. The molecule has 1 saturated heterocycles. The van der Waals surface area contributed by atoms with Crippen LogP contribution in [-0.2, 0) is 16.6 Å². The maximum atomic E-state index is 13.2. The van der Waals surface area contributed by atoms with Gasteiger partial charge in [0, 0.05) is 26.2 Å². The minimum Gasteiger partial charge on any atom is -0.467 e. The number of benzene rings is 1. The van der Waals surface area contributed by atoms with Gasteiger partial charge in [-0.15, -0.1) is 11.3 Å². The Bertz CT molecular complexity index is 1120. The van der Waals surface area contributed by atoms with Gasteiger partial charge in [-0.25, -0.2) is 8.42 Å². The first-order chi connectivity index (χ1) is 14.5. The Morgan fingerprint density at radius 3 is 2.57 bits per heavy atom. The molecule has 0 aliphatic carbocycles. The molecule has 0 radical (unpaired) electrons. The van der Waals surface area contributed by atoms with Crippen LogP contribution < -0.4 is 10.2 Å². The Morgan fingerprint density at radius 2 is 1.87 bits per heavy atom. The van der Waals surface area contributed by atoms with E-state index >= 15 is 0 Å². The number of halogens is 1. The van der Waals surface area contributed by atoms with Gasteiger partial charge in [0.15, 0.2) is 0 Å². The van der Waals surface area contributed by atoms with Crippen molar-refractivity contribution in [3.63, 3.8) is 0 Å². The standard InChI is InChI=1S/C20H20ClN3O4S2/c21-16-5-1-2-6-17(16)23-8-10-24(11-9-23)30(26,27)18-7-13-29-19(18)20(25)22-14-15-4-3-12-28-15/h1-7,12-13H,8-11,14H2,(H,22,25). The molecule has 1 aromatic carbocycles. The molecule has 0 atom stereocenters. The van der Waals surface area contributed by atoms with Gasteiger partial charge >= 0.3 is 0 Å². The van der Waals surface area contributed by atoms with Crippen molar-refractivity contribution in [3.8, 4) is 0 Å². The zero-order valence-electron chi connectivity index (χ0n) is 16.0. The topological polar surface area (TPSA) is 82.9 Å². The summed E-state index contributed by atoms with van der Waals surface area (Å²) in [5.41, 5.74) is 0.893. The van der Waals surface area contributed by atoms with Gasteiger partial charge in [-0.05, 0) is 35.7 Å². The number of hydrogen-bond donors (Lipinski definition) is 1. The van der Waals surface area contributed by atoms with Gasteiger partial charge in [0.05, 0.1) is 23.5 Å². The van der Waals surface area contributed by atoms with E-state index in [1.54, 1.807) is 17.5 Å². The number of hydrogen-bond acceptors (Lipinski definition) is 6. The van der Waals surface area contributed by atoms with Crippen molar-refractivity contribution in [2.24, 2.45) is 0 Å². The smallest absolute Gasteiger partial charge is 0.263 e. The second-order valence-electron chi connectivity index (χ2n) is 6.72. The molecular formula is C20H20ClN3O4S2. The van der Waals surface area contributed by atoms with E-state index in [4.69, 9.17) is 16.0 Å². The Labute approximate surface area is 183 Å². The summed E-state index contributed by atoms with van der Waals surface area (Å²) in [5.74, 6) is 0.162. The molecule has 7 nitrogen and oxygen atoms in total. The summed E-state index contributed by atoms with van der Waals surface area (Å²) in [7, 11) is -3.78. The van der Waals surface area contributed by atoms with Crippen molar-refractivity contribution in [2.45, 2.75) is 11.4 Å². The van der Waals surface area contributed by atoms with E-state index < -0.39 is 15.9 Å². The molecule has 1 fully saturated rings. The number of nitrogens with zero attached hydrogens (tertiary/aromatic N) is 2. The van der Waals surface area contributed by atoms with E-state index in [0.717, 1.165) is 17.0 Å². The zero-order valence-corrected chi connectivity index (χ0v) is 18.3. The number of nitrogens with one attached hydrogen (secondary N) is 1. The van der Waals surface area contributed by atoms with Gasteiger partial charge in [0.25, 0.3) is 5.91 Å². The molecule has 4 rings (SSSR count). The number of para-hydroxylation sites is 1. The molecule has 1 N–H and O–H groups in total. The van der Waals surface area contributed by atoms with Crippen molar-refractivity contribution in [1.29, 1.82) is 0 Å². The largest absolute Gasteiger partial charge is 0.467 e. The third-order valence-electron chi connectivity index (χ3n) is 4.89. The Kier molecular flexibility index (Phi) is 6.14. The summed E-state index contributed by atoms with van der Waals surface area (Å²) in [4.78, 5) is 14.9. The number of anilines is 1. The molecular weight excluding hydrogens is 446 g/mol. The quantitative estimate of drug-likeness (QED) is 0.603. The van der Waals surface area contributed by atoms with Crippen molar-refractivity contribution >= 4 is 44.6 Å². The fraction of sp³-hybridized carbons (Fsp3) is 0.250. The van der Waals surface area contributed by atoms with E-state index in [9.17, 15) is 13.2 Å². The molecule has 3 aromatic rings. The van der Waals surface area contributed by atoms with Gasteiger partial charge in [-0.1, -0.05) is 23.7 Å². The van der Waals surface area contributed by atoms with Crippen LogP contribution in [0, 0.1) is 0 Å². The summed E-state index contributed by atoms with van der Waals surface area (Å²) in [6.45, 7) is 1.87. The first-order valence-electron chi connectivity index (χ1n) is 9.34. The first kappa shape index (κ1) is 20.9. The van der Waals surface area contributed by atoms with Crippen molar-refractivity contribution in [3.05, 3.63) is 69.8 Å². The predicted molar refractivity (Wildman–Crippen MR) is 117 cm³/mol. The number of piperazine rings is 1. The number of carbonyl (C=O) groups excluding carboxylic acids is 1. The van der Waals surface area contributed by atoms with Crippen LogP contribution in [0.4, 0.5) is 5.69 Å². The number of sulfonamides is 1. The highest BCUT2D eigenvalue weighted by Crippen LogP contribution is 2.29. The minimum atomic E-state index is -3.78. The molecule has 0 unspecified atom stereocenters. The van der Waals surface area contributed by atoms with Crippen LogP contribution in [0.1, 0.15) is 15.4 Å². The highest BCUT2D eigenvalue weighted by atomic mass is 35.5. The van der Waals surface area contributed by atoms with Gasteiger partial charge in [0.2, 0.25) is 10.0 Å². The highest BCUT2D eigenvalue weighted by Gasteiger charge is 2.32. The van der Waals surface area contributed by atoms with Crippen LogP contribution in [0.25, 0.3) is 0 Å². The van der Waals surface area contributed by atoms with E-state index in [1.807, 2.05) is 24.3 Å². The highest BCUT2D eigenvalue weighted by molar-refractivity contribution is 7.89. The average molecular weight is 466 g/mol. The third kappa shape index (κ3) is 4.24. The van der Waals surface area contributed by atoms with Crippen LogP contribution in [0.5, 0.6) is 0 Å². The maximum absolute atomic E-state index is 13.2. The van der Waals surface area contributed by atoms with Crippen molar-refractivity contribution in [1.82, 2.24) is 9.62 Å². The number of thiophene rings is 1. The summed E-state index contributed by atoms with van der Waals surface area (Å²) in [6, 6.07) is 12.5. The molecule has 3 heterocycles. The molecule has 1 aliphatic rings. The van der Waals surface area contributed by atoms with E-state index in [0.29, 0.717) is 37.0 Å². The molecule has 30 heavy (non-hydrogen) atoms. The molecule has 0 saturated carbocycles. The fourth-order valence-corrected chi connectivity index (χ4v) is 6.34. The summed E-state index contributed by atoms with van der Waals surface area (Å²) in [5, 5.41) is 4.97. The molecule has 158 valence electrons. The second kappa shape index (κ2) is 8.81. The lowest BCUT2D eigenvalue weighted by Gasteiger charge is -2.35. The van der Waals surface area contributed by atoms with Crippen molar-refractivity contribution in [2.75, 3.05) is 31.1 Å². The Morgan fingerprint density at radius 1 is 1.10 bits per heavy atom. The molecule has 1 aliphatic heterocycles. The Hall–Kier alpha value is -2.33.